The Morgan fingerprint density at radius 1 is 1.09 bits per heavy atom. The second kappa shape index (κ2) is 6.69. The van der Waals surface area contributed by atoms with Crippen LogP contribution in [0.3, 0.4) is 0 Å². The van der Waals surface area contributed by atoms with Crippen LogP contribution in [0.2, 0.25) is 0 Å². The lowest BCUT2D eigenvalue weighted by atomic mass is 9.98. The molecule has 0 fully saturated rings. The van der Waals surface area contributed by atoms with Gasteiger partial charge in [-0.05, 0) is 31.5 Å². The van der Waals surface area contributed by atoms with Crippen LogP contribution in [0.25, 0.3) is 10.9 Å². The Bertz CT molecular complexity index is 796. The second-order valence-electron chi connectivity index (χ2n) is 5.93. The van der Waals surface area contributed by atoms with E-state index in [-0.39, 0.29) is 11.8 Å². The highest BCUT2D eigenvalue weighted by Gasteiger charge is 2.17. The first kappa shape index (κ1) is 15.3. The number of aryl methyl sites for hydroxylation is 1. The molecule has 0 saturated heterocycles. The smallest absolute Gasteiger partial charge is 0.147 e. The summed E-state index contributed by atoms with van der Waals surface area (Å²) in [5.74, 6) is 0.279. The summed E-state index contributed by atoms with van der Waals surface area (Å²) in [5, 5.41) is 15.2. The minimum atomic E-state index is 0.0640. The van der Waals surface area contributed by atoms with E-state index in [1.807, 2.05) is 24.3 Å². The molecule has 118 valence electrons. The minimum Gasteiger partial charge on any atom is -0.505 e. The van der Waals surface area contributed by atoms with Crippen LogP contribution in [0, 0.1) is 6.92 Å². The van der Waals surface area contributed by atoms with Crippen molar-refractivity contribution < 1.29 is 5.11 Å². The van der Waals surface area contributed by atoms with Gasteiger partial charge < -0.3 is 10.4 Å². The molecule has 0 amide bonds. The number of benzene rings is 2. The highest BCUT2D eigenvalue weighted by Crippen LogP contribution is 2.35. The van der Waals surface area contributed by atoms with Crippen molar-refractivity contribution in [3.8, 4) is 5.75 Å². The number of aromatic nitrogens is 1. The van der Waals surface area contributed by atoms with Gasteiger partial charge in [0, 0.05) is 22.8 Å². The maximum absolute atomic E-state index is 10.7. The van der Waals surface area contributed by atoms with Crippen molar-refractivity contribution in [2.75, 3.05) is 5.32 Å². The van der Waals surface area contributed by atoms with Gasteiger partial charge >= 0.3 is 0 Å². The van der Waals surface area contributed by atoms with Crippen LogP contribution in [0.1, 0.15) is 36.9 Å². The minimum absolute atomic E-state index is 0.0640. The molecule has 0 bridgehead atoms. The average Bonchev–Trinajstić information content (AvgIpc) is 2.57. The molecule has 0 saturated carbocycles. The summed E-state index contributed by atoms with van der Waals surface area (Å²) >= 11 is 0. The zero-order valence-corrected chi connectivity index (χ0v) is 13.6. The molecule has 0 aliphatic heterocycles. The van der Waals surface area contributed by atoms with Crippen LogP contribution in [-0.2, 0) is 0 Å². The van der Waals surface area contributed by atoms with Gasteiger partial charge in [-0.25, -0.2) is 0 Å². The molecule has 23 heavy (non-hydrogen) atoms. The fourth-order valence-corrected chi connectivity index (χ4v) is 2.87. The Balaban J connectivity index is 1.97. The predicted molar refractivity (Wildman–Crippen MR) is 95.9 cm³/mol. The molecule has 1 unspecified atom stereocenters. The molecule has 1 aromatic heterocycles. The lowest BCUT2D eigenvalue weighted by Gasteiger charge is -2.21. The summed E-state index contributed by atoms with van der Waals surface area (Å²) in [5.41, 5.74) is 3.87. The van der Waals surface area contributed by atoms with Crippen molar-refractivity contribution >= 4 is 16.6 Å². The lowest BCUT2D eigenvalue weighted by Crippen LogP contribution is -2.11. The maximum atomic E-state index is 10.7. The highest BCUT2D eigenvalue weighted by molar-refractivity contribution is 5.85. The molecule has 0 aliphatic carbocycles. The molecule has 3 rings (SSSR count). The molecule has 1 atom stereocenters. The van der Waals surface area contributed by atoms with Crippen molar-refractivity contribution in [3.05, 3.63) is 65.9 Å². The number of anilines is 1. The van der Waals surface area contributed by atoms with E-state index in [1.165, 1.54) is 5.56 Å². The lowest BCUT2D eigenvalue weighted by molar-refractivity contribution is 0.466. The van der Waals surface area contributed by atoms with Gasteiger partial charge in [-0.3, -0.25) is 4.98 Å². The number of hydrogen-bond donors (Lipinski definition) is 2. The molecule has 0 aliphatic rings. The molecule has 3 aromatic rings. The first-order valence-corrected chi connectivity index (χ1v) is 8.09. The van der Waals surface area contributed by atoms with Crippen molar-refractivity contribution in [2.45, 2.75) is 32.7 Å². The molecule has 1 heterocycles. The van der Waals surface area contributed by atoms with E-state index < -0.39 is 0 Å². The normalized spacial score (nSPS) is 12.3. The fourth-order valence-electron chi connectivity index (χ4n) is 2.87. The molecule has 2 N–H and O–H groups in total. The molecule has 3 heteroatoms. The number of phenolic OH excluding ortho intramolecular Hbond substituents is 1. The van der Waals surface area contributed by atoms with Crippen LogP contribution < -0.4 is 5.32 Å². The Labute approximate surface area is 137 Å². The molecule has 0 spiro atoms. The van der Waals surface area contributed by atoms with Crippen LogP contribution >= 0.6 is 0 Å². The number of nitrogens with zero attached hydrogens (tertiary/aromatic N) is 1. The standard InChI is InChI=1S/C20H22N2O/c1-3-5-18(22-16-10-7-14(2)8-11-16)17-12-9-15-6-4-13-21-19(15)20(17)23/h4,6-13,18,22-23H,3,5H2,1-2H3. The van der Waals surface area contributed by atoms with Crippen LogP contribution in [0.15, 0.2) is 54.7 Å². The third kappa shape index (κ3) is 3.29. The first-order valence-electron chi connectivity index (χ1n) is 8.09. The first-order chi connectivity index (χ1) is 11.2. The zero-order valence-electron chi connectivity index (χ0n) is 13.6. The van der Waals surface area contributed by atoms with Gasteiger partial charge in [0.15, 0.2) is 0 Å². The number of phenols is 1. The number of hydrogen-bond acceptors (Lipinski definition) is 3. The topological polar surface area (TPSA) is 45.2 Å². The molecular weight excluding hydrogens is 284 g/mol. The summed E-state index contributed by atoms with van der Waals surface area (Å²) in [6.07, 6.45) is 3.69. The molecule has 2 aromatic carbocycles. The van der Waals surface area contributed by atoms with Crippen molar-refractivity contribution in [1.82, 2.24) is 4.98 Å². The SMILES string of the molecule is CCCC(Nc1ccc(C)cc1)c1ccc2cccnc2c1O. The van der Waals surface area contributed by atoms with Crippen LogP contribution in [-0.4, -0.2) is 10.1 Å². The highest BCUT2D eigenvalue weighted by atomic mass is 16.3. The van der Waals surface area contributed by atoms with Crippen molar-refractivity contribution in [3.63, 3.8) is 0 Å². The number of aromatic hydroxyl groups is 1. The van der Waals surface area contributed by atoms with Gasteiger partial charge in [0.05, 0.1) is 6.04 Å². The average molecular weight is 306 g/mol. The van der Waals surface area contributed by atoms with Gasteiger partial charge in [-0.1, -0.05) is 49.2 Å². The van der Waals surface area contributed by atoms with Gasteiger partial charge in [0.25, 0.3) is 0 Å². The van der Waals surface area contributed by atoms with Crippen LogP contribution in [0.5, 0.6) is 5.75 Å². The Morgan fingerprint density at radius 2 is 1.87 bits per heavy atom. The van der Waals surface area contributed by atoms with E-state index >= 15 is 0 Å². The van der Waals surface area contributed by atoms with Gasteiger partial charge in [0.2, 0.25) is 0 Å². The number of pyridine rings is 1. The predicted octanol–water partition coefficient (Wildman–Crippen LogP) is 5.20. The van der Waals surface area contributed by atoms with E-state index in [1.54, 1.807) is 6.20 Å². The van der Waals surface area contributed by atoms with Gasteiger partial charge in [-0.2, -0.15) is 0 Å². The third-order valence-electron chi connectivity index (χ3n) is 4.12. The van der Waals surface area contributed by atoms with Crippen molar-refractivity contribution in [2.24, 2.45) is 0 Å². The summed E-state index contributed by atoms with van der Waals surface area (Å²) in [6.45, 7) is 4.23. The zero-order chi connectivity index (χ0) is 16.2. The Kier molecular flexibility index (Phi) is 4.47. The Hall–Kier alpha value is -2.55. The van der Waals surface area contributed by atoms with Crippen molar-refractivity contribution in [1.29, 1.82) is 0 Å². The number of fused-ring (bicyclic) bond motifs is 1. The molecule has 0 radical (unpaired) electrons. The largest absolute Gasteiger partial charge is 0.505 e. The maximum Gasteiger partial charge on any atom is 0.147 e. The van der Waals surface area contributed by atoms with E-state index in [0.29, 0.717) is 5.52 Å². The molecule has 3 nitrogen and oxygen atoms in total. The molecular formula is C20H22N2O. The summed E-state index contributed by atoms with van der Waals surface area (Å²) < 4.78 is 0. The quantitative estimate of drug-likeness (QED) is 0.681. The van der Waals surface area contributed by atoms with E-state index in [0.717, 1.165) is 29.5 Å². The van der Waals surface area contributed by atoms with Gasteiger partial charge in [-0.15, -0.1) is 0 Å². The number of nitrogens with one attached hydrogen (secondary N) is 1. The van der Waals surface area contributed by atoms with Gasteiger partial charge in [0.1, 0.15) is 11.3 Å². The van der Waals surface area contributed by atoms with Crippen LogP contribution in [0.4, 0.5) is 5.69 Å². The second-order valence-corrected chi connectivity index (χ2v) is 5.93. The van der Waals surface area contributed by atoms with E-state index in [4.69, 9.17) is 0 Å². The fraction of sp³-hybridized carbons (Fsp3) is 0.250. The number of rotatable bonds is 5. The Morgan fingerprint density at radius 3 is 2.61 bits per heavy atom. The third-order valence-corrected chi connectivity index (χ3v) is 4.12. The summed E-state index contributed by atoms with van der Waals surface area (Å²) in [4.78, 5) is 4.32. The van der Waals surface area contributed by atoms with E-state index in [9.17, 15) is 5.11 Å². The van der Waals surface area contributed by atoms with E-state index in [2.05, 4.69) is 48.4 Å². The summed E-state index contributed by atoms with van der Waals surface area (Å²) in [6, 6.07) is 16.3. The summed E-state index contributed by atoms with van der Waals surface area (Å²) in [7, 11) is 0. The monoisotopic (exact) mass is 306 g/mol.